The average Bonchev–Trinajstić information content (AvgIpc) is 2.35. The minimum absolute atomic E-state index is 0.288. The summed E-state index contributed by atoms with van der Waals surface area (Å²) in [5, 5.41) is 4.97. The minimum Gasteiger partial charge on any atom is -0.313 e. The largest absolute Gasteiger partial charge is 0.313 e. The van der Waals surface area contributed by atoms with Crippen LogP contribution in [0.4, 0.5) is 0 Å². The third-order valence-electron chi connectivity index (χ3n) is 3.39. The molecule has 0 aliphatic carbocycles. The van der Waals surface area contributed by atoms with Gasteiger partial charge in [-0.1, -0.05) is 49.9 Å². The second-order valence-electron chi connectivity index (χ2n) is 4.77. The fourth-order valence-electron chi connectivity index (χ4n) is 2.62. The lowest BCUT2D eigenvalue weighted by Gasteiger charge is -2.28. The van der Waals surface area contributed by atoms with Gasteiger partial charge < -0.3 is 5.32 Å². The molecule has 1 unspecified atom stereocenters. The molecule has 0 radical (unpaired) electrons. The van der Waals surface area contributed by atoms with Gasteiger partial charge in [-0.15, -0.1) is 0 Å². The number of hydrogen-bond acceptors (Lipinski definition) is 1. The standard InChI is InChI=1S/C15H23Cl2N/c1-4-6-11(7-5-2)15(18-3)13-10-12(16)8-9-14(13)17/h8-11,15,18H,4-7H2,1-3H3. The summed E-state index contributed by atoms with van der Waals surface area (Å²) in [6.45, 7) is 4.46. The number of hydrogen-bond donors (Lipinski definition) is 1. The molecule has 0 bridgehead atoms. The van der Waals surface area contributed by atoms with Crippen LogP contribution in [0.15, 0.2) is 18.2 Å². The first-order valence-electron chi connectivity index (χ1n) is 6.76. The average molecular weight is 288 g/mol. The Kier molecular flexibility index (Phi) is 7.06. The highest BCUT2D eigenvalue weighted by Crippen LogP contribution is 2.34. The van der Waals surface area contributed by atoms with E-state index in [1.165, 1.54) is 25.7 Å². The maximum atomic E-state index is 6.32. The van der Waals surface area contributed by atoms with Crippen LogP contribution < -0.4 is 5.32 Å². The van der Waals surface area contributed by atoms with E-state index in [0.717, 1.165) is 15.6 Å². The molecule has 1 N–H and O–H groups in total. The van der Waals surface area contributed by atoms with Crippen molar-refractivity contribution in [1.29, 1.82) is 0 Å². The Hall–Kier alpha value is -0.240. The molecule has 0 aromatic heterocycles. The maximum absolute atomic E-state index is 6.32. The smallest absolute Gasteiger partial charge is 0.0454 e. The molecule has 1 nitrogen and oxygen atoms in total. The van der Waals surface area contributed by atoms with Crippen LogP contribution in [-0.2, 0) is 0 Å². The Balaban J connectivity index is 3.01. The molecule has 1 aromatic rings. The van der Waals surface area contributed by atoms with Crippen molar-refractivity contribution in [3.05, 3.63) is 33.8 Å². The van der Waals surface area contributed by atoms with Gasteiger partial charge in [0.25, 0.3) is 0 Å². The first-order valence-corrected chi connectivity index (χ1v) is 7.51. The van der Waals surface area contributed by atoms with E-state index in [2.05, 4.69) is 19.2 Å². The topological polar surface area (TPSA) is 12.0 Å². The first-order chi connectivity index (χ1) is 8.63. The number of halogens is 2. The second kappa shape index (κ2) is 8.04. The van der Waals surface area contributed by atoms with Crippen LogP contribution in [0.1, 0.15) is 51.1 Å². The molecule has 102 valence electrons. The van der Waals surface area contributed by atoms with E-state index in [9.17, 15) is 0 Å². The third-order valence-corrected chi connectivity index (χ3v) is 3.97. The molecule has 1 aromatic carbocycles. The number of benzene rings is 1. The first kappa shape index (κ1) is 15.8. The Bertz CT molecular complexity index is 360. The summed E-state index contributed by atoms with van der Waals surface area (Å²) in [6.07, 6.45) is 4.81. The number of rotatable bonds is 7. The third kappa shape index (κ3) is 4.15. The van der Waals surface area contributed by atoms with Crippen molar-refractivity contribution in [3.8, 4) is 0 Å². The number of nitrogens with one attached hydrogen (secondary N) is 1. The Morgan fingerprint density at radius 2 is 1.72 bits per heavy atom. The molecule has 0 saturated heterocycles. The van der Waals surface area contributed by atoms with Gasteiger partial charge in [-0.25, -0.2) is 0 Å². The minimum atomic E-state index is 0.288. The van der Waals surface area contributed by atoms with Crippen molar-refractivity contribution in [2.24, 2.45) is 5.92 Å². The van der Waals surface area contributed by atoms with Gasteiger partial charge in [0.2, 0.25) is 0 Å². The van der Waals surface area contributed by atoms with Crippen LogP contribution in [0.25, 0.3) is 0 Å². The van der Waals surface area contributed by atoms with Gasteiger partial charge in [0.15, 0.2) is 0 Å². The molecule has 0 amide bonds. The van der Waals surface area contributed by atoms with Crippen LogP contribution in [0, 0.1) is 5.92 Å². The molecule has 0 saturated carbocycles. The van der Waals surface area contributed by atoms with Crippen molar-refractivity contribution < 1.29 is 0 Å². The summed E-state index contributed by atoms with van der Waals surface area (Å²) in [6, 6.07) is 6.01. The predicted molar refractivity (Wildman–Crippen MR) is 81.6 cm³/mol. The van der Waals surface area contributed by atoms with Gasteiger partial charge in [-0.2, -0.15) is 0 Å². The molecular formula is C15H23Cl2N. The van der Waals surface area contributed by atoms with Gasteiger partial charge in [-0.05, 0) is 49.6 Å². The molecule has 0 spiro atoms. The highest BCUT2D eigenvalue weighted by atomic mass is 35.5. The molecule has 18 heavy (non-hydrogen) atoms. The van der Waals surface area contributed by atoms with Crippen LogP contribution in [0.3, 0.4) is 0 Å². The van der Waals surface area contributed by atoms with E-state index in [0.29, 0.717) is 5.92 Å². The summed E-state index contributed by atoms with van der Waals surface area (Å²) < 4.78 is 0. The highest BCUT2D eigenvalue weighted by Gasteiger charge is 2.22. The van der Waals surface area contributed by atoms with Gasteiger partial charge in [-0.3, -0.25) is 0 Å². The van der Waals surface area contributed by atoms with E-state index in [1.807, 2.05) is 25.2 Å². The molecule has 0 aliphatic heterocycles. The Labute approximate surface area is 121 Å². The molecule has 0 aliphatic rings. The normalized spacial score (nSPS) is 13.0. The lowest BCUT2D eigenvalue weighted by Crippen LogP contribution is -2.25. The van der Waals surface area contributed by atoms with Crippen molar-refractivity contribution in [2.45, 2.75) is 45.6 Å². The van der Waals surface area contributed by atoms with Gasteiger partial charge in [0.1, 0.15) is 0 Å². The quantitative estimate of drug-likeness (QED) is 0.701. The van der Waals surface area contributed by atoms with Gasteiger partial charge in [0.05, 0.1) is 0 Å². The zero-order valence-corrected chi connectivity index (χ0v) is 13.0. The molecule has 1 atom stereocenters. The van der Waals surface area contributed by atoms with E-state index in [-0.39, 0.29) is 6.04 Å². The summed E-state index contributed by atoms with van der Waals surface area (Å²) in [5.74, 6) is 0.612. The molecular weight excluding hydrogens is 265 g/mol. The van der Waals surface area contributed by atoms with Gasteiger partial charge in [0, 0.05) is 16.1 Å². The lowest BCUT2D eigenvalue weighted by molar-refractivity contribution is 0.331. The molecule has 1 rings (SSSR count). The molecule has 0 heterocycles. The molecule has 3 heteroatoms. The van der Waals surface area contributed by atoms with E-state index in [4.69, 9.17) is 23.2 Å². The van der Waals surface area contributed by atoms with Crippen LogP contribution >= 0.6 is 23.2 Å². The van der Waals surface area contributed by atoms with Crippen LogP contribution in [-0.4, -0.2) is 7.05 Å². The lowest BCUT2D eigenvalue weighted by atomic mass is 9.86. The summed E-state index contributed by atoms with van der Waals surface area (Å²) >= 11 is 12.4. The maximum Gasteiger partial charge on any atom is 0.0454 e. The van der Waals surface area contributed by atoms with Crippen LogP contribution in [0.2, 0.25) is 10.0 Å². The van der Waals surface area contributed by atoms with Crippen molar-refractivity contribution in [1.82, 2.24) is 5.32 Å². The zero-order valence-electron chi connectivity index (χ0n) is 11.5. The van der Waals surface area contributed by atoms with Crippen molar-refractivity contribution >= 4 is 23.2 Å². The summed E-state index contributed by atoms with van der Waals surface area (Å²) in [7, 11) is 2.00. The Morgan fingerprint density at radius 3 is 2.22 bits per heavy atom. The van der Waals surface area contributed by atoms with Crippen molar-refractivity contribution in [3.63, 3.8) is 0 Å². The second-order valence-corrected chi connectivity index (χ2v) is 5.61. The fourth-order valence-corrected chi connectivity index (χ4v) is 3.03. The highest BCUT2D eigenvalue weighted by molar-refractivity contribution is 6.33. The fraction of sp³-hybridized carbons (Fsp3) is 0.600. The van der Waals surface area contributed by atoms with E-state index in [1.54, 1.807) is 0 Å². The monoisotopic (exact) mass is 287 g/mol. The molecule has 0 fully saturated rings. The summed E-state index contributed by atoms with van der Waals surface area (Å²) in [5.41, 5.74) is 1.12. The SMILES string of the molecule is CCCC(CCC)C(NC)c1cc(Cl)ccc1Cl. The zero-order chi connectivity index (χ0) is 13.5. The summed E-state index contributed by atoms with van der Waals surface area (Å²) in [4.78, 5) is 0. The predicted octanol–water partition coefficient (Wildman–Crippen LogP) is 5.47. The van der Waals surface area contributed by atoms with E-state index >= 15 is 0 Å². The van der Waals surface area contributed by atoms with Crippen LogP contribution in [0.5, 0.6) is 0 Å². The van der Waals surface area contributed by atoms with Gasteiger partial charge >= 0.3 is 0 Å². The Morgan fingerprint density at radius 1 is 1.11 bits per heavy atom. The van der Waals surface area contributed by atoms with Crippen molar-refractivity contribution in [2.75, 3.05) is 7.05 Å². The van der Waals surface area contributed by atoms with E-state index < -0.39 is 0 Å².